The van der Waals surface area contributed by atoms with Crippen molar-refractivity contribution in [3.63, 3.8) is 0 Å². The first kappa shape index (κ1) is 24.3. The molecule has 1 fully saturated rings. The number of piperidine rings is 1. The number of hydrogen-bond donors (Lipinski definition) is 1. The molecular formula is C21H30F3N5S2. The van der Waals surface area contributed by atoms with Gasteiger partial charge in [-0.3, -0.25) is 4.31 Å². The van der Waals surface area contributed by atoms with Crippen LogP contribution in [0.5, 0.6) is 0 Å². The number of thiazole rings is 1. The summed E-state index contributed by atoms with van der Waals surface area (Å²) in [5.41, 5.74) is -0.901. The summed E-state index contributed by atoms with van der Waals surface area (Å²) in [5.74, 6) is 0.895. The van der Waals surface area contributed by atoms with Crippen LogP contribution >= 0.6 is 23.3 Å². The van der Waals surface area contributed by atoms with E-state index in [4.69, 9.17) is 0 Å². The van der Waals surface area contributed by atoms with E-state index in [1.54, 1.807) is 11.9 Å². The Bertz CT molecular complexity index is 835. The van der Waals surface area contributed by atoms with Gasteiger partial charge in [-0.2, -0.15) is 13.2 Å². The molecule has 2 aromatic rings. The predicted molar refractivity (Wildman–Crippen MR) is 122 cm³/mol. The number of hydrogen-bond acceptors (Lipinski definition) is 7. The van der Waals surface area contributed by atoms with Crippen LogP contribution in [0.3, 0.4) is 0 Å². The molecule has 1 aliphatic heterocycles. The third-order valence-corrected chi connectivity index (χ3v) is 7.66. The highest BCUT2D eigenvalue weighted by atomic mass is 32.2. The van der Waals surface area contributed by atoms with Gasteiger partial charge >= 0.3 is 6.18 Å². The van der Waals surface area contributed by atoms with Crippen molar-refractivity contribution in [3.8, 4) is 10.6 Å². The van der Waals surface area contributed by atoms with Crippen LogP contribution < -0.4 is 5.32 Å². The summed E-state index contributed by atoms with van der Waals surface area (Å²) >= 11 is 3.01. The fourth-order valence-corrected chi connectivity index (χ4v) is 5.09. The number of nitrogens with one attached hydrogen (secondary N) is 1. The maximum Gasteiger partial charge on any atom is 0.420 e. The van der Waals surface area contributed by atoms with Crippen LogP contribution in [0.15, 0.2) is 12.4 Å². The summed E-state index contributed by atoms with van der Waals surface area (Å²) in [4.78, 5) is 13.1. The largest absolute Gasteiger partial charge is 0.420 e. The lowest BCUT2D eigenvalue weighted by atomic mass is 10.0. The molecule has 31 heavy (non-hydrogen) atoms. The fourth-order valence-electron chi connectivity index (χ4n) is 3.55. The van der Waals surface area contributed by atoms with E-state index in [9.17, 15) is 13.2 Å². The molecule has 172 valence electrons. The Morgan fingerprint density at radius 2 is 2.00 bits per heavy atom. The Hall–Kier alpha value is -1.39. The van der Waals surface area contributed by atoms with Crippen LogP contribution in [0, 0.1) is 5.92 Å². The van der Waals surface area contributed by atoms with Gasteiger partial charge in [0.05, 0.1) is 15.6 Å². The zero-order chi connectivity index (χ0) is 22.4. The van der Waals surface area contributed by atoms with E-state index in [-0.39, 0.29) is 17.7 Å². The summed E-state index contributed by atoms with van der Waals surface area (Å²) in [6.45, 7) is 6.24. The van der Waals surface area contributed by atoms with Crippen molar-refractivity contribution in [1.29, 1.82) is 0 Å². The minimum absolute atomic E-state index is 0.0859. The molecular weight excluding hydrogens is 443 g/mol. The molecule has 0 aliphatic carbocycles. The van der Waals surface area contributed by atoms with Gasteiger partial charge < -0.3 is 5.32 Å². The lowest BCUT2D eigenvalue weighted by Crippen LogP contribution is -2.35. The van der Waals surface area contributed by atoms with Crippen molar-refractivity contribution >= 4 is 29.2 Å². The molecule has 2 aromatic heterocycles. The first-order valence-electron chi connectivity index (χ1n) is 10.7. The second-order valence-corrected chi connectivity index (χ2v) is 10.0. The van der Waals surface area contributed by atoms with Crippen LogP contribution in [0.2, 0.25) is 0 Å². The third kappa shape index (κ3) is 6.79. The summed E-state index contributed by atoms with van der Waals surface area (Å²) in [6, 6.07) is 0.158. The van der Waals surface area contributed by atoms with Gasteiger partial charge in [-0.15, -0.1) is 11.3 Å². The van der Waals surface area contributed by atoms with Gasteiger partial charge in [0, 0.05) is 31.5 Å². The molecule has 5 nitrogen and oxygen atoms in total. The van der Waals surface area contributed by atoms with Gasteiger partial charge in [-0.1, -0.05) is 38.6 Å². The lowest BCUT2D eigenvalue weighted by molar-refractivity contribution is -0.137. The van der Waals surface area contributed by atoms with Crippen LogP contribution in [0.1, 0.15) is 56.5 Å². The van der Waals surface area contributed by atoms with Gasteiger partial charge in [-0.05, 0) is 37.9 Å². The molecule has 0 bridgehead atoms. The molecule has 0 saturated carbocycles. The van der Waals surface area contributed by atoms with E-state index in [0.29, 0.717) is 10.8 Å². The highest BCUT2D eigenvalue weighted by Gasteiger charge is 2.36. The average molecular weight is 474 g/mol. The van der Waals surface area contributed by atoms with E-state index < -0.39 is 11.7 Å². The molecule has 1 aliphatic rings. The Kier molecular flexibility index (Phi) is 8.58. The molecule has 0 spiro atoms. The third-order valence-electron chi connectivity index (χ3n) is 5.71. The van der Waals surface area contributed by atoms with Crippen LogP contribution in [-0.2, 0) is 12.6 Å². The van der Waals surface area contributed by atoms with Gasteiger partial charge in [0.15, 0.2) is 0 Å². The van der Waals surface area contributed by atoms with Gasteiger partial charge in [0.25, 0.3) is 0 Å². The summed E-state index contributed by atoms with van der Waals surface area (Å²) in [5, 5.41) is 4.08. The van der Waals surface area contributed by atoms with Gasteiger partial charge in [-0.25, -0.2) is 15.0 Å². The molecule has 10 heteroatoms. The van der Waals surface area contributed by atoms with Crippen molar-refractivity contribution in [2.45, 2.75) is 64.6 Å². The van der Waals surface area contributed by atoms with Crippen molar-refractivity contribution < 1.29 is 13.2 Å². The molecule has 0 amide bonds. The lowest BCUT2D eigenvalue weighted by Gasteiger charge is -2.30. The number of alkyl halides is 3. The van der Waals surface area contributed by atoms with Crippen molar-refractivity contribution in [1.82, 2.24) is 19.3 Å². The van der Waals surface area contributed by atoms with Gasteiger partial charge in [0.1, 0.15) is 5.56 Å². The maximum absolute atomic E-state index is 13.6. The molecule has 1 saturated heterocycles. The molecule has 0 aromatic carbocycles. The first-order valence-corrected chi connectivity index (χ1v) is 12.7. The Morgan fingerprint density at radius 3 is 2.65 bits per heavy atom. The molecule has 3 rings (SSSR count). The maximum atomic E-state index is 13.6. The van der Waals surface area contributed by atoms with E-state index >= 15 is 0 Å². The average Bonchev–Trinajstić information content (AvgIpc) is 3.22. The zero-order valence-electron chi connectivity index (χ0n) is 18.2. The topological polar surface area (TPSA) is 53.9 Å². The van der Waals surface area contributed by atoms with Crippen molar-refractivity contribution in [2.24, 2.45) is 5.92 Å². The molecule has 1 atom stereocenters. The van der Waals surface area contributed by atoms with Crippen LogP contribution in [-0.4, -0.2) is 44.6 Å². The minimum Gasteiger partial charge on any atom is -0.351 e. The normalized spacial score (nSPS) is 17.1. The monoisotopic (exact) mass is 473 g/mol. The number of rotatable bonds is 9. The van der Waals surface area contributed by atoms with E-state index in [1.807, 2.05) is 6.26 Å². The Balaban J connectivity index is 1.75. The van der Waals surface area contributed by atoms with Crippen LogP contribution in [0.25, 0.3) is 10.6 Å². The van der Waals surface area contributed by atoms with Crippen LogP contribution in [0.4, 0.5) is 19.1 Å². The Morgan fingerprint density at radius 1 is 1.26 bits per heavy atom. The van der Waals surface area contributed by atoms with Crippen molar-refractivity contribution in [3.05, 3.63) is 23.0 Å². The summed E-state index contributed by atoms with van der Waals surface area (Å²) in [6.07, 6.45) is 5.74. The molecule has 0 radical (unpaired) electrons. The second kappa shape index (κ2) is 11.0. The van der Waals surface area contributed by atoms with Crippen molar-refractivity contribution in [2.75, 3.05) is 24.7 Å². The molecule has 1 N–H and O–H groups in total. The quantitative estimate of drug-likeness (QED) is 0.442. The zero-order valence-corrected chi connectivity index (χ0v) is 19.8. The van der Waals surface area contributed by atoms with E-state index in [2.05, 4.69) is 38.4 Å². The molecule has 1 unspecified atom stereocenters. The minimum atomic E-state index is -4.52. The second-order valence-electron chi connectivity index (χ2n) is 8.01. The highest BCUT2D eigenvalue weighted by molar-refractivity contribution is 7.96. The highest BCUT2D eigenvalue weighted by Crippen LogP contribution is 2.38. The van der Waals surface area contributed by atoms with Gasteiger partial charge in [0.2, 0.25) is 5.95 Å². The first-order chi connectivity index (χ1) is 14.8. The molecule has 3 heterocycles. The Labute approximate surface area is 190 Å². The SMILES string of the molecule is CCC(C)CCCc1ncc(-c2nc(NC3CCN(SC)CC3)ncc2C(F)(F)F)s1. The number of halogens is 3. The fraction of sp³-hybridized carbons (Fsp3) is 0.667. The number of nitrogens with zero attached hydrogens (tertiary/aromatic N) is 4. The summed E-state index contributed by atoms with van der Waals surface area (Å²) in [7, 11) is 0. The predicted octanol–water partition coefficient (Wildman–Crippen LogP) is 6.14. The standard InChI is InChI=1S/C21H30F3N5S2/c1-4-14(2)6-5-7-18-25-13-17(31-18)19-16(21(22,23)24)12-26-20(28-19)27-15-8-10-29(30-3)11-9-15/h12-15H,4-11H2,1-3H3,(H,26,27,28). The smallest absolute Gasteiger partial charge is 0.351 e. The number of anilines is 1. The number of aromatic nitrogens is 3. The van der Waals surface area contributed by atoms with E-state index in [0.717, 1.165) is 62.8 Å². The number of aryl methyl sites for hydroxylation is 1. The summed E-state index contributed by atoms with van der Waals surface area (Å²) < 4.78 is 43.1. The van der Waals surface area contributed by atoms with E-state index in [1.165, 1.54) is 17.5 Å².